The molecule has 0 saturated carbocycles. The van der Waals surface area contributed by atoms with Crippen molar-refractivity contribution in [1.29, 1.82) is 0 Å². The van der Waals surface area contributed by atoms with Gasteiger partial charge in [-0.05, 0) is 24.7 Å². The molecule has 0 radical (unpaired) electrons. The highest BCUT2D eigenvalue weighted by atomic mass is 16.4. The molecule has 2 amide bonds. The first-order valence-electron chi connectivity index (χ1n) is 11.3. The van der Waals surface area contributed by atoms with E-state index in [4.69, 9.17) is 5.11 Å². The van der Waals surface area contributed by atoms with Crippen LogP contribution in [0.1, 0.15) is 79.1 Å². The van der Waals surface area contributed by atoms with Crippen LogP contribution in [0.4, 0.5) is 0 Å². The molecule has 0 aliphatic carbocycles. The van der Waals surface area contributed by atoms with Crippen molar-refractivity contribution < 1.29 is 19.5 Å². The van der Waals surface area contributed by atoms with Gasteiger partial charge in [0.15, 0.2) is 0 Å². The summed E-state index contributed by atoms with van der Waals surface area (Å²) in [6.07, 6.45) is 8.67. The molecule has 0 bridgehead atoms. The van der Waals surface area contributed by atoms with Gasteiger partial charge in [-0.15, -0.1) is 0 Å². The van der Waals surface area contributed by atoms with Gasteiger partial charge in [0, 0.05) is 13.1 Å². The second kappa shape index (κ2) is 17.2. The Hall–Kier alpha value is -1.63. The number of nitrogens with one attached hydrogen (secondary N) is 2. The minimum Gasteiger partial charge on any atom is -0.480 e. The van der Waals surface area contributed by atoms with Crippen LogP contribution in [0.15, 0.2) is 0 Å². The average molecular weight is 414 g/mol. The lowest BCUT2D eigenvalue weighted by Crippen LogP contribution is -2.46. The third-order valence-corrected chi connectivity index (χ3v) is 5.36. The number of aliphatic carboxylic acids is 1. The van der Waals surface area contributed by atoms with Crippen LogP contribution in [0.2, 0.25) is 0 Å². The number of unbranched alkanes of at least 4 members (excludes halogenated alkanes) is 2. The van der Waals surface area contributed by atoms with Gasteiger partial charge in [0.1, 0.15) is 0 Å². The van der Waals surface area contributed by atoms with Crippen molar-refractivity contribution in [3.8, 4) is 0 Å². The molecule has 0 aromatic rings. The molecule has 0 heterocycles. The molecule has 0 aliphatic rings. The van der Waals surface area contributed by atoms with Crippen molar-refractivity contribution >= 4 is 17.8 Å². The Morgan fingerprint density at radius 2 is 1.17 bits per heavy atom. The van der Waals surface area contributed by atoms with E-state index in [-0.39, 0.29) is 31.4 Å². The van der Waals surface area contributed by atoms with Gasteiger partial charge >= 0.3 is 5.97 Å². The second-order valence-corrected chi connectivity index (χ2v) is 7.98. The normalized spacial score (nSPS) is 13.1. The lowest BCUT2D eigenvalue weighted by Gasteiger charge is -2.21. The third kappa shape index (κ3) is 14.9. The number of carbonyl (C=O) groups excluding carboxylic acids is 2. The fraction of sp³-hybridized carbons (Fsp3) is 0.864. The number of carbonyl (C=O) groups is 3. The standard InChI is InChI=1S/C22H43N3O4/c1-5-9-11-18(7-3)13-23-20(26)15-25(17-22(28)29)16-21(27)24-14-19(8-4)12-10-6-2/h18-19H,5-17H2,1-4H3,(H,23,26)(H,24,27)(H,28,29). The fourth-order valence-electron chi connectivity index (χ4n) is 3.28. The zero-order chi connectivity index (χ0) is 22.1. The van der Waals surface area contributed by atoms with Crippen molar-refractivity contribution in [3.05, 3.63) is 0 Å². The van der Waals surface area contributed by atoms with Gasteiger partial charge < -0.3 is 15.7 Å². The summed E-state index contributed by atoms with van der Waals surface area (Å²) < 4.78 is 0. The molecule has 3 N–H and O–H groups in total. The number of carboxylic acids is 1. The summed E-state index contributed by atoms with van der Waals surface area (Å²) in [5.41, 5.74) is 0. The number of amides is 2. The molecule has 0 spiro atoms. The van der Waals surface area contributed by atoms with Crippen molar-refractivity contribution in [2.45, 2.75) is 79.1 Å². The fourth-order valence-corrected chi connectivity index (χ4v) is 3.28. The van der Waals surface area contributed by atoms with Crippen molar-refractivity contribution in [3.63, 3.8) is 0 Å². The average Bonchev–Trinajstić information content (AvgIpc) is 2.67. The first kappa shape index (κ1) is 27.4. The maximum atomic E-state index is 12.3. The predicted octanol–water partition coefficient (Wildman–Crippen LogP) is 3.04. The molecule has 170 valence electrons. The first-order valence-corrected chi connectivity index (χ1v) is 11.3. The van der Waals surface area contributed by atoms with Crippen molar-refractivity contribution in [2.75, 3.05) is 32.7 Å². The van der Waals surface area contributed by atoms with Gasteiger partial charge in [-0.1, -0.05) is 66.2 Å². The number of hydrogen-bond donors (Lipinski definition) is 3. The lowest BCUT2D eigenvalue weighted by molar-refractivity contribution is -0.139. The van der Waals surface area contributed by atoms with E-state index in [1.54, 1.807) is 0 Å². The van der Waals surface area contributed by atoms with Crippen molar-refractivity contribution in [2.24, 2.45) is 11.8 Å². The smallest absolute Gasteiger partial charge is 0.317 e. The van der Waals surface area contributed by atoms with E-state index >= 15 is 0 Å². The molecule has 0 rings (SSSR count). The zero-order valence-corrected chi connectivity index (χ0v) is 19.0. The molecule has 7 nitrogen and oxygen atoms in total. The highest BCUT2D eigenvalue weighted by molar-refractivity contribution is 5.82. The summed E-state index contributed by atoms with van der Waals surface area (Å²) in [5, 5.41) is 14.9. The Balaban J connectivity index is 4.50. The van der Waals surface area contributed by atoms with Crippen LogP contribution in [0, 0.1) is 11.8 Å². The van der Waals surface area contributed by atoms with E-state index in [2.05, 4.69) is 38.3 Å². The Morgan fingerprint density at radius 3 is 1.48 bits per heavy atom. The molecule has 29 heavy (non-hydrogen) atoms. The summed E-state index contributed by atoms with van der Waals surface area (Å²) in [6, 6.07) is 0. The maximum absolute atomic E-state index is 12.3. The van der Waals surface area contributed by atoms with Gasteiger partial charge in [0.05, 0.1) is 19.6 Å². The van der Waals surface area contributed by atoms with E-state index in [0.29, 0.717) is 24.9 Å². The lowest BCUT2D eigenvalue weighted by atomic mass is 9.99. The topological polar surface area (TPSA) is 98.7 Å². The maximum Gasteiger partial charge on any atom is 0.317 e. The van der Waals surface area contributed by atoms with E-state index in [9.17, 15) is 14.4 Å². The SMILES string of the molecule is CCCCC(CC)CNC(=O)CN(CC(=O)O)CC(=O)NCC(CC)CCCC. The monoisotopic (exact) mass is 413 g/mol. The highest BCUT2D eigenvalue weighted by Gasteiger charge is 2.18. The zero-order valence-electron chi connectivity index (χ0n) is 19.0. The van der Waals surface area contributed by atoms with Crippen LogP contribution in [-0.2, 0) is 14.4 Å². The Labute approximate surface area is 177 Å². The Morgan fingerprint density at radius 1 is 0.759 bits per heavy atom. The van der Waals surface area contributed by atoms with Gasteiger partial charge in [0.2, 0.25) is 11.8 Å². The van der Waals surface area contributed by atoms with E-state index in [0.717, 1.165) is 51.4 Å². The Bertz CT molecular complexity index is 437. The molecule has 0 fully saturated rings. The summed E-state index contributed by atoms with van der Waals surface area (Å²) >= 11 is 0. The van der Waals surface area contributed by atoms with Crippen LogP contribution >= 0.6 is 0 Å². The van der Waals surface area contributed by atoms with Crippen LogP contribution in [0.25, 0.3) is 0 Å². The quantitative estimate of drug-likeness (QED) is 0.321. The van der Waals surface area contributed by atoms with Crippen LogP contribution in [0.5, 0.6) is 0 Å². The van der Waals surface area contributed by atoms with Gasteiger partial charge in [0.25, 0.3) is 0 Å². The Kier molecular flexibility index (Phi) is 16.3. The minimum atomic E-state index is -1.05. The van der Waals surface area contributed by atoms with Gasteiger partial charge in [-0.2, -0.15) is 0 Å². The number of carboxylic acid groups (broad SMARTS) is 1. The molecule has 0 aliphatic heterocycles. The largest absolute Gasteiger partial charge is 0.480 e. The summed E-state index contributed by atoms with van der Waals surface area (Å²) in [4.78, 5) is 37.0. The van der Waals surface area contributed by atoms with Crippen LogP contribution in [-0.4, -0.2) is 60.5 Å². The van der Waals surface area contributed by atoms with Gasteiger partial charge in [-0.3, -0.25) is 19.3 Å². The number of rotatable bonds is 18. The molecule has 2 atom stereocenters. The summed E-state index contributed by atoms with van der Waals surface area (Å²) in [5.74, 6) is -0.644. The predicted molar refractivity (Wildman–Crippen MR) is 117 cm³/mol. The molecule has 2 unspecified atom stereocenters. The molecule has 0 aromatic heterocycles. The number of nitrogens with zero attached hydrogens (tertiary/aromatic N) is 1. The highest BCUT2D eigenvalue weighted by Crippen LogP contribution is 2.12. The van der Waals surface area contributed by atoms with E-state index in [1.807, 2.05) is 0 Å². The molecule has 0 saturated heterocycles. The summed E-state index contributed by atoms with van der Waals surface area (Å²) in [6.45, 7) is 9.19. The first-order chi connectivity index (χ1) is 13.9. The second-order valence-electron chi connectivity index (χ2n) is 7.98. The van der Waals surface area contributed by atoms with Gasteiger partial charge in [-0.25, -0.2) is 0 Å². The molecular formula is C22H43N3O4. The van der Waals surface area contributed by atoms with Crippen molar-refractivity contribution in [1.82, 2.24) is 15.5 Å². The van der Waals surface area contributed by atoms with E-state index < -0.39 is 5.97 Å². The minimum absolute atomic E-state index is 0.0863. The van der Waals surface area contributed by atoms with E-state index in [1.165, 1.54) is 4.90 Å². The number of hydrogen-bond acceptors (Lipinski definition) is 4. The van der Waals surface area contributed by atoms with Crippen LogP contribution in [0.3, 0.4) is 0 Å². The molecule has 7 heteroatoms. The summed E-state index contributed by atoms with van der Waals surface area (Å²) in [7, 11) is 0. The molecule has 0 aromatic carbocycles. The molecular weight excluding hydrogens is 370 g/mol. The van der Waals surface area contributed by atoms with Crippen LogP contribution < -0.4 is 10.6 Å². The third-order valence-electron chi connectivity index (χ3n) is 5.36.